The Bertz CT molecular complexity index is 781. The van der Waals surface area contributed by atoms with Crippen molar-refractivity contribution in [2.45, 2.75) is 6.92 Å². The number of hydrogen-bond donors (Lipinski definition) is 1. The standard InChI is InChI=1S/C18H20ClN3O3/c1-12-9-14(19)10-15(16(12)25-2)18(24)22-7-5-21(6-8-22)17(23)13-3-4-20-11-13/h3-4,9-11,20H,5-8H2,1-2H3. The van der Waals surface area contributed by atoms with Crippen LogP contribution in [-0.2, 0) is 0 Å². The fraction of sp³-hybridized carbons (Fsp3) is 0.333. The van der Waals surface area contributed by atoms with Crippen LogP contribution < -0.4 is 4.74 Å². The van der Waals surface area contributed by atoms with Crippen LogP contribution in [0.3, 0.4) is 0 Å². The maximum Gasteiger partial charge on any atom is 0.257 e. The third-order valence-corrected chi connectivity index (χ3v) is 4.59. The molecule has 0 aliphatic carbocycles. The Morgan fingerprint density at radius 1 is 1.12 bits per heavy atom. The van der Waals surface area contributed by atoms with Gasteiger partial charge in [0.05, 0.1) is 18.2 Å². The average molecular weight is 362 g/mol. The van der Waals surface area contributed by atoms with Gasteiger partial charge in [0.15, 0.2) is 0 Å². The Morgan fingerprint density at radius 3 is 2.32 bits per heavy atom. The van der Waals surface area contributed by atoms with Crippen molar-refractivity contribution in [2.24, 2.45) is 0 Å². The van der Waals surface area contributed by atoms with Crippen molar-refractivity contribution in [3.8, 4) is 5.75 Å². The number of H-pyrrole nitrogens is 1. The molecule has 1 aliphatic rings. The number of methoxy groups -OCH3 is 1. The number of ether oxygens (including phenoxy) is 1. The van der Waals surface area contributed by atoms with Gasteiger partial charge in [-0.3, -0.25) is 9.59 Å². The van der Waals surface area contributed by atoms with E-state index in [1.54, 1.807) is 47.5 Å². The predicted octanol–water partition coefficient (Wildman–Crippen LogP) is 2.58. The topological polar surface area (TPSA) is 65.6 Å². The van der Waals surface area contributed by atoms with Crippen LogP contribution in [0.15, 0.2) is 30.6 Å². The number of nitrogens with zero attached hydrogens (tertiary/aromatic N) is 2. The van der Waals surface area contributed by atoms with Gasteiger partial charge in [-0.25, -0.2) is 0 Å². The number of piperazine rings is 1. The second kappa shape index (κ2) is 7.19. The molecule has 2 aromatic rings. The van der Waals surface area contributed by atoms with Crippen LogP contribution >= 0.6 is 11.6 Å². The van der Waals surface area contributed by atoms with E-state index in [0.717, 1.165) is 5.56 Å². The minimum atomic E-state index is -0.129. The van der Waals surface area contributed by atoms with Crippen molar-refractivity contribution in [1.82, 2.24) is 14.8 Å². The molecule has 1 aromatic heterocycles. The number of halogens is 1. The number of carbonyl (C=O) groups excluding carboxylic acids is 2. The van der Waals surface area contributed by atoms with E-state index >= 15 is 0 Å². The van der Waals surface area contributed by atoms with Gasteiger partial charge in [-0.2, -0.15) is 0 Å². The Morgan fingerprint density at radius 2 is 1.76 bits per heavy atom. The van der Waals surface area contributed by atoms with E-state index in [0.29, 0.717) is 48.1 Å². The summed E-state index contributed by atoms with van der Waals surface area (Å²) < 4.78 is 5.38. The van der Waals surface area contributed by atoms with E-state index in [1.165, 1.54) is 0 Å². The van der Waals surface area contributed by atoms with Gasteiger partial charge in [0, 0.05) is 43.6 Å². The molecule has 0 unspecified atom stereocenters. The van der Waals surface area contributed by atoms with E-state index in [2.05, 4.69) is 4.98 Å². The van der Waals surface area contributed by atoms with E-state index in [9.17, 15) is 9.59 Å². The number of aromatic nitrogens is 1. The minimum absolute atomic E-state index is 0.0236. The molecule has 0 radical (unpaired) electrons. The lowest BCUT2D eigenvalue weighted by atomic mass is 10.1. The molecule has 25 heavy (non-hydrogen) atoms. The number of nitrogens with one attached hydrogen (secondary N) is 1. The van der Waals surface area contributed by atoms with Gasteiger partial charge < -0.3 is 19.5 Å². The van der Waals surface area contributed by atoms with Gasteiger partial charge in [-0.15, -0.1) is 0 Å². The monoisotopic (exact) mass is 361 g/mol. The van der Waals surface area contributed by atoms with Gasteiger partial charge in [0.25, 0.3) is 11.8 Å². The molecule has 2 amide bonds. The van der Waals surface area contributed by atoms with Crippen LogP contribution in [0.1, 0.15) is 26.3 Å². The highest BCUT2D eigenvalue weighted by molar-refractivity contribution is 6.31. The number of aryl methyl sites for hydroxylation is 1. The maximum absolute atomic E-state index is 12.9. The summed E-state index contributed by atoms with van der Waals surface area (Å²) >= 11 is 6.10. The first-order chi connectivity index (χ1) is 12.0. The first-order valence-corrected chi connectivity index (χ1v) is 8.44. The van der Waals surface area contributed by atoms with Crippen molar-refractivity contribution in [2.75, 3.05) is 33.3 Å². The summed E-state index contributed by atoms with van der Waals surface area (Å²) in [6, 6.07) is 5.15. The smallest absolute Gasteiger partial charge is 0.257 e. The number of aromatic amines is 1. The van der Waals surface area contributed by atoms with Crippen LogP contribution in [0.2, 0.25) is 5.02 Å². The van der Waals surface area contributed by atoms with Gasteiger partial charge in [0.2, 0.25) is 0 Å². The van der Waals surface area contributed by atoms with Crippen molar-refractivity contribution in [1.29, 1.82) is 0 Å². The summed E-state index contributed by atoms with van der Waals surface area (Å²) in [6.07, 6.45) is 3.40. The summed E-state index contributed by atoms with van der Waals surface area (Å²) in [5, 5.41) is 0.503. The fourth-order valence-corrected chi connectivity index (χ4v) is 3.35. The molecule has 0 spiro atoms. The van der Waals surface area contributed by atoms with Crippen LogP contribution in [0, 0.1) is 6.92 Å². The molecule has 0 bridgehead atoms. The zero-order valence-corrected chi connectivity index (χ0v) is 15.0. The van der Waals surface area contributed by atoms with Crippen LogP contribution in [0.4, 0.5) is 0 Å². The summed E-state index contributed by atoms with van der Waals surface area (Å²) in [7, 11) is 1.54. The predicted molar refractivity (Wildman–Crippen MR) is 95.3 cm³/mol. The van der Waals surface area contributed by atoms with Crippen LogP contribution in [0.5, 0.6) is 5.75 Å². The lowest BCUT2D eigenvalue weighted by Crippen LogP contribution is -2.50. The van der Waals surface area contributed by atoms with E-state index in [1.807, 2.05) is 6.92 Å². The van der Waals surface area contributed by atoms with E-state index in [4.69, 9.17) is 16.3 Å². The highest BCUT2D eigenvalue weighted by Gasteiger charge is 2.27. The highest BCUT2D eigenvalue weighted by atomic mass is 35.5. The molecule has 1 fully saturated rings. The zero-order valence-electron chi connectivity index (χ0n) is 14.2. The first kappa shape index (κ1) is 17.4. The number of amides is 2. The Kier molecular flexibility index (Phi) is 4.99. The summed E-state index contributed by atoms with van der Waals surface area (Å²) in [5.74, 6) is 0.390. The number of rotatable bonds is 3. The van der Waals surface area contributed by atoms with Crippen molar-refractivity contribution < 1.29 is 14.3 Å². The fourth-order valence-electron chi connectivity index (χ4n) is 3.08. The maximum atomic E-state index is 12.9. The van der Waals surface area contributed by atoms with Gasteiger partial charge in [0.1, 0.15) is 5.75 Å². The summed E-state index contributed by atoms with van der Waals surface area (Å²) in [6.45, 7) is 3.80. The molecule has 3 rings (SSSR count). The van der Waals surface area contributed by atoms with Gasteiger partial charge >= 0.3 is 0 Å². The van der Waals surface area contributed by atoms with E-state index < -0.39 is 0 Å². The van der Waals surface area contributed by atoms with Crippen LogP contribution in [-0.4, -0.2) is 59.9 Å². The lowest BCUT2D eigenvalue weighted by molar-refractivity contribution is 0.0533. The Balaban J connectivity index is 1.71. The molecule has 1 aromatic carbocycles. The third-order valence-electron chi connectivity index (χ3n) is 4.37. The second-order valence-electron chi connectivity index (χ2n) is 5.99. The van der Waals surface area contributed by atoms with Crippen molar-refractivity contribution in [3.63, 3.8) is 0 Å². The molecular formula is C18H20ClN3O3. The summed E-state index contributed by atoms with van der Waals surface area (Å²) in [5.41, 5.74) is 1.91. The Hall–Kier alpha value is -2.47. The van der Waals surface area contributed by atoms with Gasteiger partial charge in [-0.05, 0) is 30.7 Å². The molecule has 0 saturated carbocycles. The SMILES string of the molecule is COc1c(C)cc(Cl)cc1C(=O)N1CCN(C(=O)c2cc[nH]c2)CC1. The lowest BCUT2D eigenvalue weighted by Gasteiger charge is -2.35. The third kappa shape index (κ3) is 3.49. The summed E-state index contributed by atoms with van der Waals surface area (Å²) in [4.78, 5) is 31.6. The molecule has 6 nitrogen and oxygen atoms in total. The second-order valence-corrected chi connectivity index (χ2v) is 6.42. The van der Waals surface area contributed by atoms with Crippen LogP contribution in [0.25, 0.3) is 0 Å². The van der Waals surface area contributed by atoms with Crippen molar-refractivity contribution in [3.05, 3.63) is 52.3 Å². The molecule has 1 saturated heterocycles. The zero-order chi connectivity index (χ0) is 18.0. The van der Waals surface area contributed by atoms with Crippen molar-refractivity contribution >= 4 is 23.4 Å². The molecular weight excluding hydrogens is 342 g/mol. The molecule has 1 aliphatic heterocycles. The minimum Gasteiger partial charge on any atom is -0.496 e. The Labute approximate surface area is 151 Å². The average Bonchev–Trinajstić information content (AvgIpc) is 3.14. The number of carbonyl (C=O) groups is 2. The molecule has 0 atom stereocenters. The van der Waals surface area contributed by atoms with Gasteiger partial charge in [-0.1, -0.05) is 11.6 Å². The quantitative estimate of drug-likeness (QED) is 0.913. The molecule has 2 heterocycles. The first-order valence-electron chi connectivity index (χ1n) is 8.06. The molecule has 7 heteroatoms. The van der Waals surface area contributed by atoms with E-state index in [-0.39, 0.29) is 11.8 Å². The highest BCUT2D eigenvalue weighted by Crippen LogP contribution is 2.29. The molecule has 132 valence electrons. The number of hydrogen-bond acceptors (Lipinski definition) is 3. The number of benzene rings is 1. The normalized spacial score (nSPS) is 14.5. The molecule has 1 N–H and O–H groups in total. The largest absolute Gasteiger partial charge is 0.496 e.